The maximum atomic E-state index is 14.5. The van der Waals surface area contributed by atoms with Gasteiger partial charge in [0.15, 0.2) is 17.2 Å². The zero-order valence-corrected chi connectivity index (χ0v) is 21.5. The van der Waals surface area contributed by atoms with Crippen molar-refractivity contribution < 1.29 is 37.7 Å². The fourth-order valence-corrected chi connectivity index (χ4v) is 4.47. The number of rotatable bonds is 8. The Labute approximate surface area is 215 Å². The first kappa shape index (κ1) is 28.3. The minimum Gasteiger partial charge on any atom is -0.503 e. The number of ether oxygens (including phenoxy) is 3. The Hall–Kier alpha value is -3.27. The highest BCUT2D eigenvalue weighted by molar-refractivity contribution is 5.97. The quantitative estimate of drug-likeness (QED) is 0.503. The summed E-state index contributed by atoms with van der Waals surface area (Å²) in [6, 6.07) is 3.91. The Morgan fingerprint density at radius 3 is 2.70 bits per heavy atom. The lowest BCUT2D eigenvalue weighted by atomic mass is 9.86. The molecular formula is C27H34F2N2O6. The number of aromatic nitrogens is 1. The van der Waals surface area contributed by atoms with Gasteiger partial charge in [0.25, 0.3) is 5.91 Å². The smallest absolute Gasteiger partial charge is 0.329 e. The predicted molar refractivity (Wildman–Crippen MR) is 131 cm³/mol. The van der Waals surface area contributed by atoms with Gasteiger partial charge in [0.2, 0.25) is 0 Å². The molecule has 3 rings (SSSR count). The number of nitrogens with zero attached hydrogens (tertiary/aromatic N) is 1. The summed E-state index contributed by atoms with van der Waals surface area (Å²) in [4.78, 5) is 29.8. The molecule has 37 heavy (non-hydrogen) atoms. The second kappa shape index (κ2) is 12.8. The van der Waals surface area contributed by atoms with Crippen LogP contribution in [0.25, 0.3) is 0 Å². The van der Waals surface area contributed by atoms with Crippen molar-refractivity contribution in [3.05, 3.63) is 53.4 Å². The van der Waals surface area contributed by atoms with E-state index < -0.39 is 47.5 Å². The fraction of sp³-hybridized carbons (Fsp3) is 0.519. The summed E-state index contributed by atoms with van der Waals surface area (Å²) >= 11 is 0. The normalized spacial score (nSPS) is 22.5. The van der Waals surface area contributed by atoms with Crippen LogP contribution in [0.15, 0.2) is 30.5 Å². The summed E-state index contributed by atoms with van der Waals surface area (Å²) < 4.78 is 44.8. The number of cyclic esters (lactones) is 1. The summed E-state index contributed by atoms with van der Waals surface area (Å²) in [5, 5.41) is 12.9. The summed E-state index contributed by atoms with van der Waals surface area (Å²) in [5.74, 6) is -3.04. The number of hydrogen-bond donors (Lipinski definition) is 2. The number of hydrogen-bond acceptors (Lipinski definition) is 7. The number of benzene rings is 1. The number of aromatic hydroxyl groups is 1. The summed E-state index contributed by atoms with van der Waals surface area (Å²) in [5.41, 5.74) is 0.0784. The van der Waals surface area contributed by atoms with Crippen molar-refractivity contribution in [2.45, 2.75) is 64.7 Å². The molecule has 1 fully saturated rings. The van der Waals surface area contributed by atoms with Gasteiger partial charge in [-0.15, -0.1) is 0 Å². The van der Waals surface area contributed by atoms with Gasteiger partial charge in [-0.3, -0.25) is 4.79 Å². The molecule has 1 aromatic carbocycles. The highest BCUT2D eigenvalue weighted by Gasteiger charge is 2.36. The Balaban J connectivity index is 1.81. The number of esters is 1. The molecular weight excluding hydrogens is 486 g/mol. The molecule has 10 heteroatoms. The molecule has 202 valence electrons. The van der Waals surface area contributed by atoms with Crippen molar-refractivity contribution in [2.24, 2.45) is 11.8 Å². The molecule has 0 saturated carbocycles. The van der Waals surface area contributed by atoms with Crippen LogP contribution in [0, 0.1) is 23.5 Å². The molecule has 4 atom stereocenters. The van der Waals surface area contributed by atoms with Crippen LogP contribution in [0.5, 0.6) is 11.5 Å². The zero-order chi connectivity index (χ0) is 27.1. The van der Waals surface area contributed by atoms with E-state index in [9.17, 15) is 23.5 Å². The van der Waals surface area contributed by atoms with Gasteiger partial charge >= 0.3 is 5.97 Å². The van der Waals surface area contributed by atoms with Gasteiger partial charge in [0.1, 0.15) is 23.8 Å². The molecule has 0 spiro atoms. The molecule has 8 nitrogen and oxygen atoms in total. The number of nitrogens with one attached hydrogen (secondary N) is 1. The molecule has 0 aliphatic carbocycles. The monoisotopic (exact) mass is 520 g/mol. The van der Waals surface area contributed by atoms with Gasteiger partial charge in [-0.2, -0.15) is 0 Å². The second-order valence-electron chi connectivity index (χ2n) is 9.70. The van der Waals surface area contributed by atoms with Crippen LogP contribution < -0.4 is 10.1 Å². The molecule has 2 heterocycles. The Morgan fingerprint density at radius 2 is 2.03 bits per heavy atom. The van der Waals surface area contributed by atoms with E-state index in [1.165, 1.54) is 31.5 Å². The van der Waals surface area contributed by atoms with Gasteiger partial charge < -0.3 is 24.6 Å². The van der Waals surface area contributed by atoms with Crippen molar-refractivity contribution in [1.82, 2.24) is 10.3 Å². The van der Waals surface area contributed by atoms with Crippen LogP contribution in [-0.4, -0.2) is 53.9 Å². The van der Waals surface area contributed by atoms with Crippen LogP contribution in [-0.2, 0) is 20.7 Å². The lowest BCUT2D eigenvalue weighted by molar-refractivity contribution is -0.161. The van der Waals surface area contributed by atoms with E-state index in [1.807, 2.05) is 13.8 Å². The van der Waals surface area contributed by atoms with Crippen LogP contribution in [0.4, 0.5) is 8.78 Å². The van der Waals surface area contributed by atoms with E-state index in [-0.39, 0.29) is 36.1 Å². The molecule has 0 bridgehead atoms. The number of amides is 1. The van der Waals surface area contributed by atoms with Crippen LogP contribution >= 0.6 is 0 Å². The standard InChI is InChI=1S/C27H34F2N2O6/c1-15(2)14-36-25-16(3)37-27(34)21(31-26(33)23-24(32)22(35-4)10-11-30-23)7-5-6-18(25)12-17-8-9-19(28)13-20(17)29/h8-11,13,15-16,18,21,25,32H,5-7,12,14H2,1-4H3,(H,31,33)/t16-,18+,21-,25-/m0/s1. The number of pyridine rings is 1. The van der Waals surface area contributed by atoms with Gasteiger partial charge in [-0.05, 0) is 49.7 Å². The largest absolute Gasteiger partial charge is 0.503 e. The van der Waals surface area contributed by atoms with E-state index in [4.69, 9.17) is 14.2 Å². The van der Waals surface area contributed by atoms with E-state index >= 15 is 0 Å². The van der Waals surface area contributed by atoms with Gasteiger partial charge in [-0.25, -0.2) is 18.6 Å². The average molecular weight is 521 g/mol. The molecule has 0 radical (unpaired) electrons. The SMILES string of the molecule is COc1ccnc(C(=O)N[C@H]2CCC[C@H](Cc3ccc(F)cc3F)[C@@H](OCC(C)C)[C@H](C)OC2=O)c1O. The Morgan fingerprint density at radius 1 is 1.27 bits per heavy atom. The first-order valence-electron chi connectivity index (χ1n) is 12.4. The third-order valence-corrected chi connectivity index (χ3v) is 6.33. The van der Waals surface area contributed by atoms with Crippen molar-refractivity contribution in [3.63, 3.8) is 0 Å². The minimum absolute atomic E-state index is 0.0758. The molecule has 1 aliphatic heterocycles. The van der Waals surface area contributed by atoms with E-state index in [2.05, 4.69) is 10.3 Å². The minimum atomic E-state index is -0.991. The average Bonchev–Trinajstić information content (AvgIpc) is 2.88. The highest BCUT2D eigenvalue weighted by atomic mass is 19.1. The molecule has 1 aromatic heterocycles. The summed E-state index contributed by atoms with van der Waals surface area (Å²) in [7, 11) is 1.35. The third-order valence-electron chi connectivity index (χ3n) is 6.33. The van der Waals surface area contributed by atoms with Gasteiger partial charge in [-0.1, -0.05) is 26.3 Å². The molecule has 2 aromatic rings. The Kier molecular flexibility index (Phi) is 9.79. The number of carbonyl (C=O) groups is 2. The van der Waals surface area contributed by atoms with Gasteiger partial charge in [0, 0.05) is 24.9 Å². The van der Waals surface area contributed by atoms with Crippen molar-refractivity contribution in [3.8, 4) is 11.5 Å². The third kappa shape index (κ3) is 7.38. The number of methoxy groups -OCH3 is 1. The maximum Gasteiger partial charge on any atom is 0.329 e. The molecule has 2 N–H and O–H groups in total. The van der Waals surface area contributed by atoms with Crippen molar-refractivity contribution in [1.29, 1.82) is 0 Å². The summed E-state index contributed by atoms with van der Waals surface area (Å²) in [6.45, 7) is 6.11. The second-order valence-corrected chi connectivity index (χ2v) is 9.70. The van der Waals surface area contributed by atoms with Gasteiger partial charge in [0.05, 0.1) is 13.2 Å². The first-order chi connectivity index (χ1) is 17.6. The first-order valence-corrected chi connectivity index (χ1v) is 12.4. The summed E-state index contributed by atoms with van der Waals surface area (Å²) in [6.07, 6.45) is 1.66. The lowest BCUT2D eigenvalue weighted by Gasteiger charge is -2.32. The van der Waals surface area contributed by atoms with Crippen LogP contribution in [0.3, 0.4) is 0 Å². The highest BCUT2D eigenvalue weighted by Crippen LogP contribution is 2.30. The molecule has 1 amide bonds. The lowest BCUT2D eigenvalue weighted by Crippen LogP contribution is -2.45. The van der Waals surface area contributed by atoms with Crippen LogP contribution in [0.2, 0.25) is 0 Å². The van der Waals surface area contributed by atoms with E-state index in [0.29, 0.717) is 25.0 Å². The molecule has 1 saturated heterocycles. The zero-order valence-electron chi connectivity index (χ0n) is 21.5. The van der Waals surface area contributed by atoms with Crippen LogP contribution in [0.1, 0.15) is 56.1 Å². The number of halogens is 2. The predicted octanol–water partition coefficient (Wildman–Crippen LogP) is 4.19. The van der Waals surface area contributed by atoms with Crippen molar-refractivity contribution >= 4 is 11.9 Å². The molecule has 0 unspecified atom stereocenters. The Bertz CT molecular complexity index is 1100. The van der Waals surface area contributed by atoms with E-state index in [0.717, 1.165) is 6.07 Å². The topological polar surface area (TPSA) is 107 Å². The maximum absolute atomic E-state index is 14.5. The van der Waals surface area contributed by atoms with Crippen molar-refractivity contribution in [2.75, 3.05) is 13.7 Å². The fourth-order valence-electron chi connectivity index (χ4n) is 4.47. The molecule has 1 aliphatic rings. The number of carbonyl (C=O) groups excluding carboxylic acids is 2. The van der Waals surface area contributed by atoms with E-state index in [1.54, 1.807) is 6.92 Å².